The van der Waals surface area contributed by atoms with Crippen LogP contribution in [-0.4, -0.2) is 33.6 Å². The molecule has 2 rings (SSSR count). The van der Waals surface area contributed by atoms with Gasteiger partial charge in [-0.15, -0.1) is 0 Å². The van der Waals surface area contributed by atoms with Crippen molar-refractivity contribution in [2.75, 3.05) is 23.8 Å². The van der Waals surface area contributed by atoms with Crippen molar-refractivity contribution in [1.82, 2.24) is 4.72 Å². The molecule has 0 saturated heterocycles. The normalized spacial score (nSPS) is 11.0. The summed E-state index contributed by atoms with van der Waals surface area (Å²) in [6.07, 6.45) is 1.05. The lowest BCUT2D eigenvalue weighted by molar-refractivity contribution is 0.102. The fourth-order valence-corrected chi connectivity index (χ4v) is 3.52. The zero-order valence-electron chi connectivity index (χ0n) is 16.4. The number of anilines is 2. The van der Waals surface area contributed by atoms with Crippen molar-refractivity contribution in [1.29, 1.82) is 0 Å². The lowest BCUT2D eigenvalue weighted by Crippen LogP contribution is -2.24. The van der Waals surface area contributed by atoms with Crippen molar-refractivity contribution in [3.63, 3.8) is 0 Å². The Kier molecular flexibility index (Phi) is 8.17. The standard InChI is InChI=1S/C20H25N3O5S/c1-3-5-13-21-29(26,27)18-8-6-7-17(14-18)22-19(24)15-9-11-16(12-10-15)23-20(25)28-4-2/h6-12,14,21H,3-5,13H2,1-2H3,(H,22,24)(H,23,25). The number of amides is 2. The molecule has 8 nitrogen and oxygen atoms in total. The van der Waals surface area contributed by atoms with E-state index in [9.17, 15) is 18.0 Å². The van der Waals surface area contributed by atoms with Crippen LogP contribution in [0.2, 0.25) is 0 Å². The monoisotopic (exact) mass is 419 g/mol. The summed E-state index contributed by atoms with van der Waals surface area (Å²) < 4.78 is 32.0. The second kappa shape index (κ2) is 10.6. The second-order valence-corrected chi connectivity index (χ2v) is 7.92. The average molecular weight is 420 g/mol. The van der Waals surface area contributed by atoms with Crippen LogP contribution in [-0.2, 0) is 14.8 Å². The molecule has 0 heterocycles. The molecule has 0 spiro atoms. The molecule has 0 atom stereocenters. The van der Waals surface area contributed by atoms with E-state index in [4.69, 9.17) is 4.74 Å². The highest BCUT2D eigenvalue weighted by Gasteiger charge is 2.14. The molecule has 156 valence electrons. The van der Waals surface area contributed by atoms with Crippen LogP contribution in [0, 0.1) is 0 Å². The summed E-state index contributed by atoms with van der Waals surface area (Å²) in [6.45, 7) is 4.30. The molecule has 0 aliphatic rings. The fourth-order valence-electron chi connectivity index (χ4n) is 2.40. The molecule has 0 saturated carbocycles. The molecule has 0 radical (unpaired) electrons. The van der Waals surface area contributed by atoms with E-state index in [1.165, 1.54) is 12.1 Å². The Morgan fingerprint density at radius 2 is 1.69 bits per heavy atom. The summed E-state index contributed by atoms with van der Waals surface area (Å²) >= 11 is 0. The van der Waals surface area contributed by atoms with E-state index in [-0.39, 0.29) is 11.5 Å². The third-order valence-electron chi connectivity index (χ3n) is 3.89. The van der Waals surface area contributed by atoms with Gasteiger partial charge in [0.25, 0.3) is 5.91 Å². The van der Waals surface area contributed by atoms with E-state index in [1.807, 2.05) is 6.92 Å². The van der Waals surface area contributed by atoms with Crippen LogP contribution < -0.4 is 15.4 Å². The number of rotatable bonds is 9. The Hall–Kier alpha value is -2.91. The number of hydrogen-bond acceptors (Lipinski definition) is 5. The van der Waals surface area contributed by atoms with Crippen molar-refractivity contribution in [2.45, 2.75) is 31.6 Å². The van der Waals surface area contributed by atoms with Crippen LogP contribution in [0.15, 0.2) is 53.4 Å². The number of ether oxygens (including phenoxy) is 1. The minimum Gasteiger partial charge on any atom is -0.450 e. The van der Waals surface area contributed by atoms with Gasteiger partial charge in [0, 0.05) is 23.5 Å². The number of unbranched alkanes of at least 4 members (excludes halogenated alkanes) is 1. The van der Waals surface area contributed by atoms with Gasteiger partial charge in [0.05, 0.1) is 11.5 Å². The Balaban J connectivity index is 2.04. The van der Waals surface area contributed by atoms with Gasteiger partial charge in [-0.2, -0.15) is 0 Å². The second-order valence-electron chi connectivity index (χ2n) is 6.16. The van der Waals surface area contributed by atoms with E-state index in [2.05, 4.69) is 15.4 Å². The van der Waals surface area contributed by atoms with E-state index >= 15 is 0 Å². The van der Waals surface area contributed by atoms with Gasteiger partial charge >= 0.3 is 6.09 Å². The third kappa shape index (κ3) is 6.88. The zero-order chi connectivity index (χ0) is 21.3. The lowest BCUT2D eigenvalue weighted by atomic mass is 10.2. The number of benzene rings is 2. The summed E-state index contributed by atoms with van der Waals surface area (Å²) in [6, 6.07) is 12.3. The zero-order valence-corrected chi connectivity index (χ0v) is 17.2. The molecule has 2 aromatic carbocycles. The Morgan fingerprint density at radius 1 is 0.966 bits per heavy atom. The molecule has 0 aliphatic heterocycles. The Morgan fingerprint density at radius 3 is 2.34 bits per heavy atom. The van der Waals surface area contributed by atoms with Crippen molar-refractivity contribution < 1.29 is 22.7 Å². The van der Waals surface area contributed by atoms with E-state index in [1.54, 1.807) is 43.3 Å². The van der Waals surface area contributed by atoms with Gasteiger partial charge in [-0.05, 0) is 55.8 Å². The van der Waals surface area contributed by atoms with Crippen LogP contribution in [0.3, 0.4) is 0 Å². The first-order chi connectivity index (χ1) is 13.9. The maximum atomic E-state index is 12.4. The van der Waals surface area contributed by atoms with Gasteiger partial charge in [0.15, 0.2) is 0 Å². The van der Waals surface area contributed by atoms with Crippen LogP contribution in [0.5, 0.6) is 0 Å². The van der Waals surface area contributed by atoms with Crippen LogP contribution >= 0.6 is 0 Å². The first-order valence-corrected chi connectivity index (χ1v) is 10.8. The molecule has 2 aromatic rings. The quantitative estimate of drug-likeness (QED) is 0.538. The number of carbonyl (C=O) groups excluding carboxylic acids is 2. The first-order valence-electron chi connectivity index (χ1n) is 9.30. The molecular weight excluding hydrogens is 394 g/mol. The minimum absolute atomic E-state index is 0.0837. The SMILES string of the molecule is CCCCNS(=O)(=O)c1cccc(NC(=O)c2ccc(NC(=O)OCC)cc2)c1. The van der Waals surface area contributed by atoms with Crippen LogP contribution in [0.1, 0.15) is 37.0 Å². The smallest absolute Gasteiger partial charge is 0.411 e. The topological polar surface area (TPSA) is 114 Å². The maximum absolute atomic E-state index is 12.4. The number of hydrogen-bond donors (Lipinski definition) is 3. The third-order valence-corrected chi connectivity index (χ3v) is 5.35. The van der Waals surface area contributed by atoms with Crippen molar-refractivity contribution in [3.8, 4) is 0 Å². The highest BCUT2D eigenvalue weighted by molar-refractivity contribution is 7.89. The molecule has 0 aromatic heterocycles. The summed E-state index contributed by atoms with van der Waals surface area (Å²) in [4.78, 5) is 23.9. The van der Waals surface area contributed by atoms with Crippen molar-refractivity contribution in [2.24, 2.45) is 0 Å². The highest BCUT2D eigenvalue weighted by atomic mass is 32.2. The lowest BCUT2D eigenvalue weighted by Gasteiger charge is -2.10. The van der Waals surface area contributed by atoms with Crippen LogP contribution in [0.25, 0.3) is 0 Å². The highest BCUT2D eigenvalue weighted by Crippen LogP contribution is 2.17. The van der Waals surface area contributed by atoms with Gasteiger partial charge in [0.1, 0.15) is 0 Å². The molecular formula is C20H25N3O5S. The minimum atomic E-state index is -3.63. The molecule has 0 aliphatic carbocycles. The predicted octanol–water partition coefficient (Wildman–Crippen LogP) is 3.59. The predicted molar refractivity (Wildman–Crippen MR) is 112 cm³/mol. The van der Waals surface area contributed by atoms with Gasteiger partial charge in [-0.1, -0.05) is 19.4 Å². The van der Waals surface area contributed by atoms with Crippen LogP contribution in [0.4, 0.5) is 16.2 Å². The van der Waals surface area contributed by atoms with Gasteiger partial charge < -0.3 is 10.1 Å². The molecule has 2 amide bonds. The van der Waals surface area contributed by atoms with Gasteiger partial charge in [-0.3, -0.25) is 10.1 Å². The molecule has 0 fully saturated rings. The molecule has 0 unspecified atom stereocenters. The fraction of sp³-hybridized carbons (Fsp3) is 0.300. The molecule has 29 heavy (non-hydrogen) atoms. The molecule has 3 N–H and O–H groups in total. The summed E-state index contributed by atoms with van der Waals surface area (Å²) in [7, 11) is -3.63. The summed E-state index contributed by atoms with van der Waals surface area (Å²) in [5, 5.41) is 5.21. The average Bonchev–Trinajstić information content (AvgIpc) is 2.69. The largest absolute Gasteiger partial charge is 0.450 e. The molecule has 9 heteroatoms. The molecule has 0 bridgehead atoms. The van der Waals surface area contributed by atoms with E-state index in [0.717, 1.165) is 12.8 Å². The summed E-state index contributed by atoms with van der Waals surface area (Å²) in [5.74, 6) is -0.402. The summed E-state index contributed by atoms with van der Waals surface area (Å²) in [5.41, 5.74) is 1.21. The van der Waals surface area contributed by atoms with Gasteiger partial charge in [0.2, 0.25) is 10.0 Å². The number of carbonyl (C=O) groups is 2. The van der Waals surface area contributed by atoms with Crippen molar-refractivity contribution >= 4 is 33.4 Å². The van der Waals surface area contributed by atoms with Gasteiger partial charge in [-0.25, -0.2) is 17.9 Å². The van der Waals surface area contributed by atoms with E-state index in [0.29, 0.717) is 23.5 Å². The maximum Gasteiger partial charge on any atom is 0.411 e. The Bertz CT molecular complexity index is 943. The Labute approximate surface area is 170 Å². The number of sulfonamides is 1. The van der Waals surface area contributed by atoms with Crippen molar-refractivity contribution in [3.05, 3.63) is 54.1 Å². The van der Waals surface area contributed by atoms with E-state index < -0.39 is 22.0 Å². The number of nitrogens with one attached hydrogen (secondary N) is 3. The first kappa shape index (κ1) is 22.4.